The summed E-state index contributed by atoms with van der Waals surface area (Å²) in [6, 6.07) is 2.68. The Morgan fingerprint density at radius 1 is 1.20 bits per heavy atom. The smallest absolute Gasteiger partial charge is 0.404 e. The van der Waals surface area contributed by atoms with Gasteiger partial charge in [0.25, 0.3) is 0 Å². The van der Waals surface area contributed by atoms with Gasteiger partial charge in [-0.1, -0.05) is 20.8 Å². The van der Waals surface area contributed by atoms with E-state index in [-0.39, 0.29) is 5.75 Å². The van der Waals surface area contributed by atoms with Gasteiger partial charge in [-0.05, 0) is 12.1 Å². The van der Waals surface area contributed by atoms with Gasteiger partial charge in [0.1, 0.15) is 0 Å². The maximum absolute atomic E-state index is 12.1. The van der Waals surface area contributed by atoms with Crippen molar-refractivity contribution in [3.05, 3.63) is 24.0 Å². The molecule has 0 aliphatic heterocycles. The second-order valence-electron chi connectivity index (χ2n) is 4.15. The maximum atomic E-state index is 12.1. The highest BCUT2D eigenvalue weighted by Gasteiger charge is 2.34. The SMILES string of the molecule is CC(C)(C)c1ncccc1OC(F)(F)F. The molecular formula is C10H12F3NO. The Kier molecular flexibility index (Phi) is 2.93. The van der Waals surface area contributed by atoms with E-state index in [1.54, 1.807) is 20.8 Å². The molecule has 0 fully saturated rings. The summed E-state index contributed by atoms with van der Waals surface area (Å²) >= 11 is 0. The second-order valence-corrected chi connectivity index (χ2v) is 4.15. The van der Waals surface area contributed by atoms with Crippen LogP contribution in [0.1, 0.15) is 26.5 Å². The lowest BCUT2D eigenvalue weighted by molar-refractivity contribution is -0.275. The summed E-state index contributed by atoms with van der Waals surface area (Å²) in [6.45, 7) is 5.33. The van der Waals surface area contributed by atoms with Gasteiger partial charge in [-0.3, -0.25) is 4.98 Å². The fourth-order valence-electron chi connectivity index (χ4n) is 1.16. The van der Waals surface area contributed by atoms with Crippen LogP contribution in [0.15, 0.2) is 18.3 Å². The van der Waals surface area contributed by atoms with Gasteiger partial charge in [0.2, 0.25) is 0 Å². The Morgan fingerprint density at radius 3 is 2.27 bits per heavy atom. The minimum atomic E-state index is -4.68. The summed E-state index contributed by atoms with van der Waals surface area (Å²) in [5.41, 5.74) is -0.190. The molecule has 0 saturated heterocycles. The van der Waals surface area contributed by atoms with E-state index in [4.69, 9.17) is 0 Å². The van der Waals surface area contributed by atoms with E-state index >= 15 is 0 Å². The predicted molar refractivity (Wildman–Crippen MR) is 49.6 cm³/mol. The first kappa shape index (κ1) is 11.8. The maximum Gasteiger partial charge on any atom is 0.573 e. The molecule has 0 saturated carbocycles. The fourth-order valence-corrected chi connectivity index (χ4v) is 1.16. The van der Waals surface area contributed by atoms with Crippen LogP contribution in [-0.2, 0) is 5.41 Å². The molecule has 0 N–H and O–H groups in total. The molecule has 0 aliphatic rings. The minimum Gasteiger partial charge on any atom is -0.404 e. The topological polar surface area (TPSA) is 22.1 Å². The molecule has 0 atom stereocenters. The summed E-state index contributed by atoms with van der Waals surface area (Å²) in [5.74, 6) is -0.238. The van der Waals surface area contributed by atoms with Crippen molar-refractivity contribution in [1.29, 1.82) is 0 Å². The van der Waals surface area contributed by atoms with Gasteiger partial charge >= 0.3 is 6.36 Å². The quantitative estimate of drug-likeness (QED) is 0.723. The molecule has 0 amide bonds. The van der Waals surface area contributed by atoms with E-state index in [0.717, 1.165) is 0 Å². The van der Waals surface area contributed by atoms with Crippen molar-refractivity contribution in [2.24, 2.45) is 0 Å². The summed E-state index contributed by atoms with van der Waals surface area (Å²) < 4.78 is 40.1. The molecule has 0 radical (unpaired) electrons. The first-order valence-electron chi connectivity index (χ1n) is 4.41. The van der Waals surface area contributed by atoms with Crippen LogP contribution >= 0.6 is 0 Å². The van der Waals surface area contributed by atoms with Gasteiger partial charge in [-0.15, -0.1) is 13.2 Å². The summed E-state index contributed by atoms with van der Waals surface area (Å²) in [7, 11) is 0. The van der Waals surface area contributed by atoms with Crippen LogP contribution in [0.4, 0.5) is 13.2 Å². The van der Waals surface area contributed by atoms with Crippen molar-refractivity contribution in [2.45, 2.75) is 32.5 Å². The number of alkyl halides is 3. The van der Waals surface area contributed by atoms with Gasteiger partial charge in [0, 0.05) is 11.6 Å². The third-order valence-electron chi connectivity index (χ3n) is 1.71. The van der Waals surface area contributed by atoms with Crippen LogP contribution in [0.2, 0.25) is 0 Å². The van der Waals surface area contributed by atoms with Crippen LogP contribution in [0.25, 0.3) is 0 Å². The van der Waals surface area contributed by atoms with Crippen molar-refractivity contribution >= 4 is 0 Å². The number of hydrogen-bond acceptors (Lipinski definition) is 2. The Hall–Kier alpha value is -1.26. The summed E-state index contributed by atoms with van der Waals surface area (Å²) in [6.07, 6.45) is -3.23. The van der Waals surface area contributed by atoms with Crippen LogP contribution in [0.3, 0.4) is 0 Å². The highest BCUT2D eigenvalue weighted by atomic mass is 19.4. The third kappa shape index (κ3) is 3.42. The standard InChI is InChI=1S/C10H12F3NO/c1-9(2,3)8-7(5-4-6-14-8)15-10(11,12)13/h4-6H,1-3H3. The van der Waals surface area contributed by atoms with Gasteiger partial charge in [-0.2, -0.15) is 0 Å². The third-order valence-corrected chi connectivity index (χ3v) is 1.71. The van der Waals surface area contributed by atoms with E-state index in [9.17, 15) is 13.2 Å². The van der Waals surface area contributed by atoms with Gasteiger partial charge in [-0.25, -0.2) is 0 Å². The molecule has 0 aromatic carbocycles. The van der Waals surface area contributed by atoms with E-state index in [1.807, 2.05) is 0 Å². The largest absolute Gasteiger partial charge is 0.573 e. The van der Waals surface area contributed by atoms with Crippen LogP contribution in [0.5, 0.6) is 5.75 Å². The normalized spacial score (nSPS) is 12.7. The lowest BCUT2D eigenvalue weighted by Crippen LogP contribution is -2.22. The van der Waals surface area contributed by atoms with Gasteiger partial charge < -0.3 is 4.74 Å². The molecule has 0 unspecified atom stereocenters. The molecule has 1 heterocycles. The van der Waals surface area contributed by atoms with Crippen molar-refractivity contribution in [3.8, 4) is 5.75 Å². The highest BCUT2D eigenvalue weighted by Crippen LogP contribution is 2.32. The predicted octanol–water partition coefficient (Wildman–Crippen LogP) is 3.28. The van der Waals surface area contributed by atoms with Gasteiger partial charge in [0.15, 0.2) is 5.75 Å². The Morgan fingerprint density at radius 2 is 1.80 bits per heavy atom. The zero-order valence-corrected chi connectivity index (χ0v) is 8.72. The number of rotatable bonds is 1. The van der Waals surface area contributed by atoms with Crippen molar-refractivity contribution < 1.29 is 17.9 Å². The summed E-state index contributed by atoms with van der Waals surface area (Å²) in [4.78, 5) is 3.91. The lowest BCUT2D eigenvalue weighted by Gasteiger charge is -2.21. The number of ether oxygens (including phenoxy) is 1. The van der Waals surface area contributed by atoms with E-state index in [1.165, 1.54) is 18.3 Å². The monoisotopic (exact) mass is 219 g/mol. The minimum absolute atomic E-state index is 0.238. The van der Waals surface area contributed by atoms with Gasteiger partial charge in [0.05, 0.1) is 5.69 Å². The first-order valence-corrected chi connectivity index (χ1v) is 4.41. The Labute approximate surface area is 86.1 Å². The molecule has 2 nitrogen and oxygen atoms in total. The van der Waals surface area contributed by atoms with E-state index in [0.29, 0.717) is 5.69 Å². The van der Waals surface area contributed by atoms with Crippen molar-refractivity contribution in [2.75, 3.05) is 0 Å². The average Bonchev–Trinajstić information content (AvgIpc) is 1.99. The molecule has 15 heavy (non-hydrogen) atoms. The molecule has 0 bridgehead atoms. The second kappa shape index (κ2) is 3.72. The number of aromatic nitrogens is 1. The zero-order valence-electron chi connectivity index (χ0n) is 8.72. The molecule has 5 heteroatoms. The van der Waals surface area contributed by atoms with E-state index in [2.05, 4.69) is 9.72 Å². The zero-order chi connectivity index (χ0) is 11.7. The number of pyridine rings is 1. The van der Waals surface area contributed by atoms with Crippen molar-refractivity contribution in [1.82, 2.24) is 4.98 Å². The average molecular weight is 219 g/mol. The lowest BCUT2D eigenvalue weighted by atomic mass is 9.91. The van der Waals surface area contributed by atoms with Crippen LogP contribution in [-0.4, -0.2) is 11.3 Å². The van der Waals surface area contributed by atoms with Crippen LogP contribution < -0.4 is 4.74 Å². The van der Waals surface area contributed by atoms with Crippen LogP contribution in [0, 0.1) is 0 Å². The van der Waals surface area contributed by atoms with Crippen molar-refractivity contribution in [3.63, 3.8) is 0 Å². The highest BCUT2D eigenvalue weighted by molar-refractivity contribution is 5.32. The number of hydrogen-bond donors (Lipinski definition) is 0. The molecule has 0 spiro atoms. The fraction of sp³-hybridized carbons (Fsp3) is 0.500. The molecular weight excluding hydrogens is 207 g/mol. The molecule has 84 valence electrons. The molecule has 1 aromatic heterocycles. The first-order chi connectivity index (χ1) is 6.70. The number of halogens is 3. The number of nitrogens with zero attached hydrogens (tertiary/aromatic N) is 1. The molecule has 1 aromatic rings. The Balaban J connectivity index is 3.08. The Bertz CT molecular complexity index is 341. The van der Waals surface area contributed by atoms with E-state index < -0.39 is 11.8 Å². The molecule has 0 aliphatic carbocycles. The summed E-state index contributed by atoms with van der Waals surface area (Å²) in [5, 5.41) is 0. The molecule has 1 rings (SSSR count).